The van der Waals surface area contributed by atoms with Gasteiger partial charge in [-0.1, -0.05) is 12.1 Å². The first-order valence-corrected chi connectivity index (χ1v) is 6.48. The maximum absolute atomic E-state index is 11.0. The van der Waals surface area contributed by atoms with Crippen LogP contribution in [0.4, 0.5) is 0 Å². The molecule has 0 unspecified atom stereocenters. The van der Waals surface area contributed by atoms with Crippen LogP contribution in [0.5, 0.6) is 11.5 Å². The first-order chi connectivity index (χ1) is 9.38. The van der Waals surface area contributed by atoms with Crippen LogP contribution in [0.1, 0.15) is 32.6 Å². The summed E-state index contributed by atoms with van der Waals surface area (Å²) >= 11 is 0. The van der Waals surface area contributed by atoms with Crippen LogP contribution in [-0.2, 0) is 0 Å². The molecule has 2 aromatic rings. The Morgan fingerprint density at radius 2 is 1.65 bits per heavy atom. The van der Waals surface area contributed by atoms with Gasteiger partial charge in [-0.3, -0.25) is 0 Å². The van der Waals surface area contributed by atoms with E-state index in [1.54, 1.807) is 18.2 Å². The molecule has 0 saturated heterocycles. The number of carbonyl (C=O) groups is 1. The van der Waals surface area contributed by atoms with Gasteiger partial charge in [0.15, 0.2) is 0 Å². The average Bonchev–Trinajstić information content (AvgIpc) is 2.37. The van der Waals surface area contributed by atoms with E-state index in [1.165, 1.54) is 0 Å². The summed E-state index contributed by atoms with van der Waals surface area (Å²) in [6.45, 7) is 7.95. The van der Waals surface area contributed by atoms with Gasteiger partial charge in [0.2, 0.25) is 0 Å². The van der Waals surface area contributed by atoms with E-state index >= 15 is 0 Å². The molecule has 0 aliphatic rings. The highest BCUT2D eigenvalue weighted by molar-refractivity contribution is 5.88. The normalized spacial score (nSPS) is 10.4. The molecule has 0 heterocycles. The quantitative estimate of drug-likeness (QED) is 0.898. The summed E-state index contributed by atoms with van der Waals surface area (Å²) in [5.41, 5.74) is 4.49. The van der Waals surface area contributed by atoms with Crippen LogP contribution in [0.25, 0.3) is 0 Å². The van der Waals surface area contributed by atoms with Gasteiger partial charge in [0, 0.05) is 0 Å². The van der Waals surface area contributed by atoms with Crippen molar-refractivity contribution in [3.05, 3.63) is 58.1 Å². The van der Waals surface area contributed by atoms with Crippen molar-refractivity contribution in [2.45, 2.75) is 27.7 Å². The van der Waals surface area contributed by atoms with Crippen LogP contribution in [-0.4, -0.2) is 11.1 Å². The number of aryl methyl sites for hydroxylation is 3. The minimum Gasteiger partial charge on any atom is -0.478 e. The highest BCUT2D eigenvalue weighted by Crippen LogP contribution is 2.31. The lowest BCUT2D eigenvalue weighted by molar-refractivity contribution is 0.0696. The molecule has 0 aliphatic carbocycles. The van der Waals surface area contributed by atoms with E-state index in [0.29, 0.717) is 5.75 Å². The fraction of sp³-hybridized carbons (Fsp3) is 0.235. The Balaban J connectivity index is 2.44. The topological polar surface area (TPSA) is 46.5 Å². The fourth-order valence-corrected chi connectivity index (χ4v) is 2.07. The van der Waals surface area contributed by atoms with E-state index in [2.05, 4.69) is 6.07 Å². The van der Waals surface area contributed by atoms with Gasteiger partial charge in [-0.15, -0.1) is 0 Å². The van der Waals surface area contributed by atoms with E-state index in [0.717, 1.165) is 28.0 Å². The molecule has 3 nitrogen and oxygen atoms in total. The van der Waals surface area contributed by atoms with E-state index in [9.17, 15) is 4.79 Å². The molecule has 20 heavy (non-hydrogen) atoms. The van der Waals surface area contributed by atoms with Gasteiger partial charge in [0.25, 0.3) is 0 Å². The van der Waals surface area contributed by atoms with Gasteiger partial charge < -0.3 is 9.84 Å². The van der Waals surface area contributed by atoms with Gasteiger partial charge in [-0.2, -0.15) is 0 Å². The van der Waals surface area contributed by atoms with E-state index in [-0.39, 0.29) is 5.56 Å². The van der Waals surface area contributed by atoms with Crippen molar-refractivity contribution in [3.63, 3.8) is 0 Å². The Bertz CT molecular complexity index is 672. The van der Waals surface area contributed by atoms with Crippen molar-refractivity contribution in [2.24, 2.45) is 0 Å². The molecular weight excluding hydrogens is 252 g/mol. The largest absolute Gasteiger partial charge is 0.478 e. The van der Waals surface area contributed by atoms with E-state index < -0.39 is 5.97 Å². The number of benzene rings is 2. The molecule has 0 amide bonds. The standard InChI is InChI=1S/C17H18O3/c1-10-7-12(3)13(4)16(8-10)20-15-9-14(17(18)19)6-5-11(15)2/h5-9H,1-4H3,(H,18,19). The van der Waals surface area contributed by atoms with Crippen molar-refractivity contribution < 1.29 is 14.6 Å². The molecule has 0 spiro atoms. The molecule has 0 saturated carbocycles. The smallest absolute Gasteiger partial charge is 0.335 e. The van der Waals surface area contributed by atoms with Gasteiger partial charge in [-0.05, 0) is 68.1 Å². The van der Waals surface area contributed by atoms with Gasteiger partial charge in [-0.25, -0.2) is 4.79 Å². The third-order valence-corrected chi connectivity index (χ3v) is 3.42. The van der Waals surface area contributed by atoms with Crippen LogP contribution < -0.4 is 4.74 Å². The van der Waals surface area contributed by atoms with Crippen LogP contribution >= 0.6 is 0 Å². The SMILES string of the molecule is Cc1cc(C)c(C)c(Oc2cc(C(=O)O)ccc2C)c1. The highest BCUT2D eigenvalue weighted by Gasteiger charge is 2.10. The van der Waals surface area contributed by atoms with Gasteiger partial charge in [0.05, 0.1) is 5.56 Å². The minimum atomic E-state index is -0.952. The maximum atomic E-state index is 11.0. The first-order valence-electron chi connectivity index (χ1n) is 6.48. The lowest BCUT2D eigenvalue weighted by atomic mass is 10.1. The molecule has 0 aromatic heterocycles. The summed E-state index contributed by atoms with van der Waals surface area (Å²) in [6.07, 6.45) is 0. The summed E-state index contributed by atoms with van der Waals surface area (Å²) in [5, 5.41) is 9.05. The number of aromatic carboxylic acids is 1. The summed E-state index contributed by atoms with van der Waals surface area (Å²) < 4.78 is 5.93. The molecule has 3 heteroatoms. The molecule has 104 valence electrons. The lowest BCUT2D eigenvalue weighted by Gasteiger charge is -2.14. The van der Waals surface area contributed by atoms with Crippen LogP contribution in [0, 0.1) is 27.7 Å². The second-order valence-electron chi connectivity index (χ2n) is 5.09. The molecule has 0 bridgehead atoms. The van der Waals surface area contributed by atoms with Gasteiger partial charge in [0.1, 0.15) is 11.5 Å². The molecule has 1 N–H and O–H groups in total. The summed E-state index contributed by atoms with van der Waals surface area (Å²) in [6, 6.07) is 8.97. The molecule has 0 fully saturated rings. The molecule has 0 atom stereocenters. The predicted octanol–water partition coefficient (Wildman–Crippen LogP) is 4.41. The average molecular weight is 270 g/mol. The van der Waals surface area contributed by atoms with Crippen molar-refractivity contribution in [1.82, 2.24) is 0 Å². The molecular formula is C17H18O3. The van der Waals surface area contributed by atoms with Crippen molar-refractivity contribution in [1.29, 1.82) is 0 Å². The number of ether oxygens (including phenoxy) is 1. The first kappa shape index (κ1) is 14.1. The Labute approximate surface area is 118 Å². The van der Waals surface area contributed by atoms with E-state index in [1.807, 2.05) is 33.8 Å². The number of hydrogen-bond acceptors (Lipinski definition) is 2. The van der Waals surface area contributed by atoms with Crippen molar-refractivity contribution in [3.8, 4) is 11.5 Å². The van der Waals surface area contributed by atoms with Crippen LogP contribution in [0.15, 0.2) is 30.3 Å². The van der Waals surface area contributed by atoms with Crippen LogP contribution in [0.2, 0.25) is 0 Å². The second kappa shape index (κ2) is 5.37. The summed E-state index contributed by atoms with van der Waals surface area (Å²) in [4.78, 5) is 11.0. The van der Waals surface area contributed by atoms with Crippen molar-refractivity contribution >= 4 is 5.97 Å². The fourth-order valence-electron chi connectivity index (χ4n) is 2.07. The molecule has 2 aromatic carbocycles. The Kier molecular flexibility index (Phi) is 3.79. The zero-order chi connectivity index (χ0) is 14.9. The van der Waals surface area contributed by atoms with Crippen LogP contribution in [0.3, 0.4) is 0 Å². The molecule has 0 aliphatic heterocycles. The second-order valence-corrected chi connectivity index (χ2v) is 5.09. The Morgan fingerprint density at radius 3 is 2.30 bits per heavy atom. The molecule has 2 rings (SSSR count). The Hall–Kier alpha value is -2.29. The third-order valence-electron chi connectivity index (χ3n) is 3.42. The third kappa shape index (κ3) is 2.82. The highest BCUT2D eigenvalue weighted by atomic mass is 16.5. The molecule has 0 radical (unpaired) electrons. The number of carboxylic acids is 1. The van der Waals surface area contributed by atoms with E-state index in [4.69, 9.17) is 9.84 Å². The lowest BCUT2D eigenvalue weighted by Crippen LogP contribution is -1.99. The maximum Gasteiger partial charge on any atom is 0.335 e. The zero-order valence-corrected chi connectivity index (χ0v) is 12.2. The zero-order valence-electron chi connectivity index (χ0n) is 12.2. The predicted molar refractivity (Wildman–Crippen MR) is 78.9 cm³/mol. The number of carboxylic acid groups (broad SMARTS) is 1. The minimum absolute atomic E-state index is 0.229. The van der Waals surface area contributed by atoms with Crippen molar-refractivity contribution in [2.75, 3.05) is 0 Å². The number of rotatable bonds is 3. The number of hydrogen-bond donors (Lipinski definition) is 1. The summed E-state index contributed by atoms with van der Waals surface area (Å²) in [7, 11) is 0. The monoisotopic (exact) mass is 270 g/mol. The Morgan fingerprint density at radius 1 is 0.950 bits per heavy atom. The summed E-state index contributed by atoms with van der Waals surface area (Å²) in [5.74, 6) is 0.401. The van der Waals surface area contributed by atoms with Gasteiger partial charge >= 0.3 is 5.97 Å².